The number of carbonyl (C=O) groups excluding carboxylic acids is 3. The van der Waals surface area contributed by atoms with Gasteiger partial charge in [0.15, 0.2) is 5.78 Å². The first kappa shape index (κ1) is 21.8. The summed E-state index contributed by atoms with van der Waals surface area (Å²) in [5, 5.41) is 0. The molecule has 0 saturated heterocycles. The molecule has 0 fully saturated rings. The van der Waals surface area contributed by atoms with Gasteiger partial charge in [-0.3, -0.25) is 14.4 Å². The standard InChI is InChI=1S/C20H30N2O4/c1-5-26-20(25)12-13-22(15-14-21(3)4)19(24)11-10-18(23)17-8-6-16(2)7-9-17/h6-9H,5,10-15H2,1-4H3. The van der Waals surface area contributed by atoms with E-state index in [2.05, 4.69) is 0 Å². The maximum atomic E-state index is 12.5. The minimum Gasteiger partial charge on any atom is -0.466 e. The fourth-order valence-electron chi connectivity index (χ4n) is 2.40. The summed E-state index contributed by atoms with van der Waals surface area (Å²) >= 11 is 0. The van der Waals surface area contributed by atoms with Gasteiger partial charge in [0.2, 0.25) is 5.91 Å². The van der Waals surface area contributed by atoms with Crippen LogP contribution in [0.15, 0.2) is 24.3 Å². The molecule has 0 spiro atoms. The Kier molecular flexibility index (Phi) is 9.58. The zero-order valence-corrected chi connectivity index (χ0v) is 16.3. The molecule has 0 unspecified atom stereocenters. The molecule has 0 saturated carbocycles. The Hall–Kier alpha value is -2.21. The smallest absolute Gasteiger partial charge is 0.307 e. The summed E-state index contributed by atoms with van der Waals surface area (Å²) in [5.74, 6) is -0.473. The number of benzene rings is 1. The van der Waals surface area contributed by atoms with Crippen molar-refractivity contribution in [2.75, 3.05) is 40.3 Å². The Morgan fingerprint density at radius 2 is 1.58 bits per heavy atom. The Balaban J connectivity index is 2.58. The third-order valence-electron chi connectivity index (χ3n) is 4.00. The largest absolute Gasteiger partial charge is 0.466 e. The molecular weight excluding hydrogens is 332 g/mol. The van der Waals surface area contributed by atoms with Crippen molar-refractivity contribution in [2.24, 2.45) is 0 Å². The minimum absolute atomic E-state index is 0.0451. The van der Waals surface area contributed by atoms with Crippen molar-refractivity contribution in [3.8, 4) is 0 Å². The van der Waals surface area contributed by atoms with E-state index in [0.29, 0.717) is 31.8 Å². The summed E-state index contributed by atoms with van der Waals surface area (Å²) < 4.78 is 4.92. The van der Waals surface area contributed by atoms with E-state index in [1.54, 1.807) is 24.0 Å². The average Bonchev–Trinajstić information content (AvgIpc) is 2.60. The SMILES string of the molecule is CCOC(=O)CCN(CCN(C)C)C(=O)CCC(=O)c1ccc(C)cc1. The summed E-state index contributed by atoms with van der Waals surface area (Å²) in [4.78, 5) is 39.9. The highest BCUT2D eigenvalue weighted by Gasteiger charge is 2.17. The number of ether oxygens (including phenoxy) is 1. The molecule has 0 aromatic heterocycles. The molecular formula is C20H30N2O4. The topological polar surface area (TPSA) is 66.9 Å². The number of ketones is 1. The quantitative estimate of drug-likeness (QED) is 0.446. The van der Waals surface area contributed by atoms with Crippen LogP contribution in [0.2, 0.25) is 0 Å². The molecule has 0 atom stereocenters. The van der Waals surface area contributed by atoms with Crippen LogP contribution in [-0.2, 0) is 14.3 Å². The zero-order valence-electron chi connectivity index (χ0n) is 16.3. The molecule has 1 rings (SSSR count). The Labute approximate surface area is 156 Å². The number of Topliss-reactive ketones (excluding diaryl/α,β-unsaturated/α-hetero) is 1. The molecule has 0 heterocycles. The van der Waals surface area contributed by atoms with Crippen LogP contribution in [-0.4, -0.2) is 67.8 Å². The summed E-state index contributed by atoms with van der Waals surface area (Å²) in [5.41, 5.74) is 1.71. The lowest BCUT2D eigenvalue weighted by molar-refractivity contribution is -0.144. The third kappa shape index (κ3) is 8.25. The number of esters is 1. The summed E-state index contributed by atoms with van der Waals surface area (Å²) in [6.45, 7) is 5.57. The first-order chi connectivity index (χ1) is 12.3. The molecule has 144 valence electrons. The van der Waals surface area contributed by atoms with Gasteiger partial charge in [-0.05, 0) is 27.9 Å². The monoisotopic (exact) mass is 362 g/mol. The lowest BCUT2D eigenvalue weighted by Gasteiger charge is -2.24. The normalized spacial score (nSPS) is 10.7. The number of aryl methyl sites for hydroxylation is 1. The van der Waals surface area contributed by atoms with Crippen LogP contribution in [0.4, 0.5) is 0 Å². The molecule has 1 aromatic rings. The molecule has 0 radical (unpaired) electrons. The van der Waals surface area contributed by atoms with Gasteiger partial charge in [-0.2, -0.15) is 0 Å². The molecule has 6 nitrogen and oxygen atoms in total. The highest BCUT2D eigenvalue weighted by atomic mass is 16.5. The van der Waals surface area contributed by atoms with Gasteiger partial charge in [0.05, 0.1) is 13.0 Å². The minimum atomic E-state index is -0.314. The predicted molar refractivity (Wildman–Crippen MR) is 101 cm³/mol. The van der Waals surface area contributed by atoms with Crippen LogP contribution in [0.5, 0.6) is 0 Å². The van der Waals surface area contributed by atoms with Crippen molar-refractivity contribution in [3.63, 3.8) is 0 Å². The lowest BCUT2D eigenvalue weighted by Crippen LogP contribution is -2.38. The second-order valence-electron chi connectivity index (χ2n) is 6.53. The van der Waals surface area contributed by atoms with Gasteiger partial charge in [-0.1, -0.05) is 29.8 Å². The molecule has 6 heteroatoms. The maximum absolute atomic E-state index is 12.5. The van der Waals surface area contributed by atoms with Crippen molar-refractivity contribution >= 4 is 17.7 Å². The first-order valence-corrected chi connectivity index (χ1v) is 9.01. The second kappa shape index (κ2) is 11.4. The van der Waals surface area contributed by atoms with Crippen LogP contribution < -0.4 is 0 Å². The number of amides is 1. The highest BCUT2D eigenvalue weighted by molar-refractivity contribution is 5.98. The van der Waals surface area contributed by atoms with E-state index in [1.807, 2.05) is 38.1 Å². The van der Waals surface area contributed by atoms with Gasteiger partial charge in [0.1, 0.15) is 0 Å². The van der Waals surface area contributed by atoms with Crippen molar-refractivity contribution in [1.82, 2.24) is 9.80 Å². The Bertz CT molecular complexity index is 596. The molecule has 1 aromatic carbocycles. The van der Waals surface area contributed by atoms with Crippen molar-refractivity contribution in [1.29, 1.82) is 0 Å². The molecule has 0 aliphatic carbocycles. The van der Waals surface area contributed by atoms with E-state index >= 15 is 0 Å². The number of carbonyl (C=O) groups is 3. The molecule has 0 aliphatic rings. The number of likely N-dealkylation sites (N-methyl/N-ethyl adjacent to an activating group) is 1. The average molecular weight is 362 g/mol. The third-order valence-corrected chi connectivity index (χ3v) is 4.00. The van der Waals surface area contributed by atoms with Gasteiger partial charge in [-0.25, -0.2) is 0 Å². The van der Waals surface area contributed by atoms with Crippen molar-refractivity contribution < 1.29 is 19.1 Å². The fourth-order valence-corrected chi connectivity index (χ4v) is 2.40. The second-order valence-corrected chi connectivity index (χ2v) is 6.53. The van der Waals surface area contributed by atoms with E-state index in [1.165, 1.54) is 0 Å². The number of hydrogen-bond acceptors (Lipinski definition) is 5. The van der Waals surface area contributed by atoms with E-state index in [4.69, 9.17) is 4.74 Å². The highest BCUT2D eigenvalue weighted by Crippen LogP contribution is 2.09. The van der Waals surface area contributed by atoms with Crippen LogP contribution in [0, 0.1) is 6.92 Å². The van der Waals surface area contributed by atoms with Crippen molar-refractivity contribution in [3.05, 3.63) is 35.4 Å². The van der Waals surface area contributed by atoms with Gasteiger partial charge < -0.3 is 14.5 Å². The fraction of sp³-hybridized carbons (Fsp3) is 0.550. The van der Waals surface area contributed by atoms with Crippen LogP contribution in [0.25, 0.3) is 0 Å². The first-order valence-electron chi connectivity index (χ1n) is 9.01. The maximum Gasteiger partial charge on any atom is 0.307 e. The van der Waals surface area contributed by atoms with E-state index in [-0.39, 0.29) is 36.9 Å². The Morgan fingerprint density at radius 1 is 0.923 bits per heavy atom. The number of hydrogen-bond donors (Lipinski definition) is 0. The van der Waals surface area contributed by atoms with E-state index < -0.39 is 0 Å². The molecule has 1 amide bonds. The van der Waals surface area contributed by atoms with Crippen LogP contribution in [0.3, 0.4) is 0 Å². The van der Waals surface area contributed by atoms with E-state index in [9.17, 15) is 14.4 Å². The number of rotatable bonds is 11. The summed E-state index contributed by atoms with van der Waals surface area (Å²) in [6.07, 6.45) is 0.474. The van der Waals surface area contributed by atoms with Crippen molar-refractivity contribution in [2.45, 2.75) is 33.1 Å². The van der Waals surface area contributed by atoms with Crippen LogP contribution in [0.1, 0.15) is 42.1 Å². The van der Waals surface area contributed by atoms with Crippen LogP contribution >= 0.6 is 0 Å². The molecule has 0 aliphatic heterocycles. The van der Waals surface area contributed by atoms with Gasteiger partial charge >= 0.3 is 5.97 Å². The lowest BCUT2D eigenvalue weighted by atomic mass is 10.0. The van der Waals surface area contributed by atoms with Gasteiger partial charge in [-0.15, -0.1) is 0 Å². The molecule has 0 N–H and O–H groups in total. The molecule has 26 heavy (non-hydrogen) atoms. The van der Waals surface area contributed by atoms with Gasteiger partial charge in [0, 0.05) is 38.0 Å². The van der Waals surface area contributed by atoms with Gasteiger partial charge in [0.25, 0.3) is 0 Å². The van der Waals surface area contributed by atoms with E-state index in [0.717, 1.165) is 5.56 Å². The molecule has 0 bridgehead atoms. The summed E-state index contributed by atoms with van der Waals surface area (Å²) in [7, 11) is 3.85. The summed E-state index contributed by atoms with van der Waals surface area (Å²) in [6, 6.07) is 7.34. The predicted octanol–water partition coefficient (Wildman–Crippen LogP) is 2.30. The zero-order chi connectivity index (χ0) is 19.5. The Morgan fingerprint density at radius 3 is 2.15 bits per heavy atom. The number of nitrogens with zero attached hydrogens (tertiary/aromatic N) is 2.